The Morgan fingerprint density at radius 1 is 1.43 bits per heavy atom. The first-order valence-corrected chi connectivity index (χ1v) is 4.93. The fourth-order valence-corrected chi connectivity index (χ4v) is 1.47. The molecule has 14 heavy (non-hydrogen) atoms. The quantitative estimate of drug-likeness (QED) is 0.651. The maximum atomic E-state index is 11.8. The van der Waals surface area contributed by atoms with Gasteiger partial charge in [0.1, 0.15) is 5.92 Å². The molecule has 78 valence electrons. The van der Waals surface area contributed by atoms with Crippen LogP contribution in [0, 0.1) is 23.2 Å². The van der Waals surface area contributed by atoms with Gasteiger partial charge in [-0.05, 0) is 5.92 Å². The lowest BCUT2D eigenvalue weighted by Gasteiger charge is -2.29. The molecule has 0 saturated carbocycles. The molecule has 1 fully saturated rings. The fraction of sp³-hybridized carbons (Fsp3) is 0.800. The zero-order valence-corrected chi connectivity index (χ0v) is 8.69. The highest BCUT2D eigenvalue weighted by Crippen LogP contribution is 2.14. The highest BCUT2D eigenvalue weighted by molar-refractivity contribution is 5.81. The van der Waals surface area contributed by atoms with Gasteiger partial charge in [0.05, 0.1) is 19.3 Å². The molecule has 0 N–H and O–H groups in total. The van der Waals surface area contributed by atoms with Gasteiger partial charge in [0.2, 0.25) is 5.91 Å². The zero-order chi connectivity index (χ0) is 10.6. The average molecular weight is 196 g/mol. The third kappa shape index (κ3) is 2.46. The van der Waals surface area contributed by atoms with E-state index < -0.39 is 5.92 Å². The van der Waals surface area contributed by atoms with E-state index in [0.29, 0.717) is 26.3 Å². The molecule has 1 aliphatic heterocycles. The van der Waals surface area contributed by atoms with Crippen LogP contribution in [0.15, 0.2) is 0 Å². The number of carbonyl (C=O) groups excluding carboxylic acids is 1. The summed E-state index contributed by atoms with van der Waals surface area (Å²) in [5.41, 5.74) is 0. The number of amides is 1. The fourth-order valence-electron chi connectivity index (χ4n) is 1.47. The van der Waals surface area contributed by atoms with Crippen LogP contribution in [0.5, 0.6) is 0 Å². The lowest BCUT2D eigenvalue weighted by Crippen LogP contribution is -2.44. The largest absolute Gasteiger partial charge is 0.378 e. The molecular formula is C10H16N2O2. The van der Waals surface area contributed by atoms with Crippen LogP contribution in [-0.4, -0.2) is 37.1 Å². The molecule has 1 amide bonds. The van der Waals surface area contributed by atoms with Gasteiger partial charge >= 0.3 is 0 Å². The van der Waals surface area contributed by atoms with E-state index in [9.17, 15) is 4.79 Å². The smallest absolute Gasteiger partial charge is 0.240 e. The van der Waals surface area contributed by atoms with Crippen molar-refractivity contribution in [1.82, 2.24) is 4.90 Å². The van der Waals surface area contributed by atoms with E-state index in [1.54, 1.807) is 4.90 Å². The minimum atomic E-state index is -0.506. The van der Waals surface area contributed by atoms with Crippen LogP contribution >= 0.6 is 0 Å². The molecule has 1 aliphatic rings. The molecular weight excluding hydrogens is 180 g/mol. The molecule has 0 aromatic carbocycles. The molecule has 4 heteroatoms. The maximum absolute atomic E-state index is 11.8. The van der Waals surface area contributed by atoms with Crippen molar-refractivity contribution in [3.8, 4) is 6.07 Å². The summed E-state index contributed by atoms with van der Waals surface area (Å²) in [6.07, 6.45) is 0. The van der Waals surface area contributed by atoms with Crippen LogP contribution in [0.1, 0.15) is 13.8 Å². The predicted molar refractivity (Wildman–Crippen MR) is 51.3 cm³/mol. The highest BCUT2D eigenvalue weighted by atomic mass is 16.5. The highest BCUT2D eigenvalue weighted by Gasteiger charge is 2.27. The number of nitriles is 1. The standard InChI is InChI=1S/C10H16N2O2/c1-8(2)9(7-11)10(13)12-3-5-14-6-4-12/h8-9H,3-6H2,1-2H3. The molecule has 0 aromatic heterocycles. The lowest BCUT2D eigenvalue weighted by atomic mass is 9.96. The molecule has 1 atom stereocenters. The van der Waals surface area contributed by atoms with Crippen LogP contribution in [0.25, 0.3) is 0 Å². The van der Waals surface area contributed by atoms with E-state index in [2.05, 4.69) is 6.07 Å². The molecule has 1 saturated heterocycles. The van der Waals surface area contributed by atoms with Gasteiger partial charge in [-0.3, -0.25) is 4.79 Å². The Hall–Kier alpha value is -1.08. The number of hydrogen-bond donors (Lipinski definition) is 0. The molecule has 0 spiro atoms. The first-order chi connectivity index (χ1) is 6.66. The molecule has 0 radical (unpaired) electrons. The Morgan fingerprint density at radius 2 is 2.00 bits per heavy atom. The second-order valence-electron chi connectivity index (χ2n) is 3.79. The van der Waals surface area contributed by atoms with Gasteiger partial charge < -0.3 is 9.64 Å². The minimum Gasteiger partial charge on any atom is -0.378 e. The zero-order valence-electron chi connectivity index (χ0n) is 8.69. The number of ether oxygens (including phenoxy) is 1. The van der Waals surface area contributed by atoms with E-state index >= 15 is 0 Å². The molecule has 1 unspecified atom stereocenters. The number of carbonyl (C=O) groups is 1. The summed E-state index contributed by atoms with van der Waals surface area (Å²) < 4.78 is 5.15. The SMILES string of the molecule is CC(C)C(C#N)C(=O)N1CCOCC1. The summed E-state index contributed by atoms with van der Waals surface area (Å²) >= 11 is 0. The van der Waals surface area contributed by atoms with Gasteiger partial charge in [-0.2, -0.15) is 5.26 Å². The van der Waals surface area contributed by atoms with Crippen LogP contribution in [-0.2, 0) is 9.53 Å². The first kappa shape index (κ1) is 11.0. The van der Waals surface area contributed by atoms with Crippen molar-refractivity contribution < 1.29 is 9.53 Å². The second kappa shape index (κ2) is 4.97. The summed E-state index contributed by atoms with van der Waals surface area (Å²) in [7, 11) is 0. The van der Waals surface area contributed by atoms with E-state index in [0.717, 1.165) is 0 Å². The van der Waals surface area contributed by atoms with Crippen molar-refractivity contribution in [1.29, 1.82) is 5.26 Å². The number of morpholine rings is 1. The molecule has 0 bridgehead atoms. The number of nitrogens with zero attached hydrogens (tertiary/aromatic N) is 2. The summed E-state index contributed by atoms with van der Waals surface area (Å²) in [6.45, 7) is 6.19. The van der Waals surface area contributed by atoms with E-state index in [-0.39, 0.29) is 11.8 Å². The Labute approximate surface area is 84.4 Å². The monoisotopic (exact) mass is 196 g/mol. The topological polar surface area (TPSA) is 53.3 Å². The normalized spacial score (nSPS) is 19.1. The average Bonchev–Trinajstić information content (AvgIpc) is 2.19. The Bertz CT molecular complexity index is 239. The van der Waals surface area contributed by atoms with E-state index in [4.69, 9.17) is 10.00 Å². The molecule has 0 aliphatic carbocycles. The Balaban J connectivity index is 2.58. The first-order valence-electron chi connectivity index (χ1n) is 4.93. The Kier molecular flexibility index (Phi) is 3.90. The summed E-state index contributed by atoms with van der Waals surface area (Å²) in [5, 5.41) is 8.87. The van der Waals surface area contributed by atoms with Gasteiger partial charge in [-0.15, -0.1) is 0 Å². The Morgan fingerprint density at radius 3 is 2.43 bits per heavy atom. The number of hydrogen-bond acceptors (Lipinski definition) is 3. The van der Waals surface area contributed by atoms with Gasteiger partial charge in [0.15, 0.2) is 0 Å². The number of rotatable bonds is 2. The van der Waals surface area contributed by atoms with Crippen molar-refractivity contribution in [3.63, 3.8) is 0 Å². The maximum Gasteiger partial charge on any atom is 0.240 e. The van der Waals surface area contributed by atoms with Crippen LogP contribution in [0.4, 0.5) is 0 Å². The van der Waals surface area contributed by atoms with E-state index in [1.165, 1.54) is 0 Å². The van der Waals surface area contributed by atoms with Gasteiger partial charge in [-0.1, -0.05) is 13.8 Å². The van der Waals surface area contributed by atoms with Crippen LogP contribution in [0.3, 0.4) is 0 Å². The molecule has 1 heterocycles. The third-order valence-electron chi connectivity index (χ3n) is 2.39. The molecule has 4 nitrogen and oxygen atoms in total. The molecule has 0 aromatic rings. The van der Waals surface area contributed by atoms with Gasteiger partial charge in [0.25, 0.3) is 0 Å². The van der Waals surface area contributed by atoms with Crippen LogP contribution in [0.2, 0.25) is 0 Å². The summed E-state index contributed by atoms with van der Waals surface area (Å²) in [6, 6.07) is 2.07. The van der Waals surface area contributed by atoms with Gasteiger partial charge in [-0.25, -0.2) is 0 Å². The van der Waals surface area contributed by atoms with Crippen molar-refractivity contribution in [3.05, 3.63) is 0 Å². The predicted octanol–water partition coefficient (Wildman–Crippen LogP) is 0.641. The third-order valence-corrected chi connectivity index (χ3v) is 2.39. The van der Waals surface area contributed by atoms with Crippen molar-refractivity contribution >= 4 is 5.91 Å². The summed E-state index contributed by atoms with van der Waals surface area (Å²) in [5.74, 6) is -0.478. The minimum absolute atomic E-state index is 0.0502. The second-order valence-corrected chi connectivity index (χ2v) is 3.79. The van der Waals surface area contributed by atoms with Crippen molar-refractivity contribution in [2.24, 2.45) is 11.8 Å². The van der Waals surface area contributed by atoms with Crippen LogP contribution < -0.4 is 0 Å². The van der Waals surface area contributed by atoms with Crippen molar-refractivity contribution in [2.45, 2.75) is 13.8 Å². The lowest BCUT2D eigenvalue weighted by molar-refractivity contribution is -0.139. The summed E-state index contributed by atoms with van der Waals surface area (Å²) in [4.78, 5) is 13.5. The van der Waals surface area contributed by atoms with Crippen molar-refractivity contribution in [2.75, 3.05) is 26.3 Å². The molecule has 1 rings (SSSR count). The van der Waals surface area contributed by atoms with E-state index in [1.807, 2.05) is 13.8 Å². The van der Waals surface area contributed by atoms with Gasteiger partial charge in [0, 0.05) is 13.1 Å².